The molecule has 0 amide bonds. The molecule has 1 aromatic heterocycles. The Bertz CT molecular complexity index is 983. The van der Waals surface area contributed by atoms with Crippen LogP contribution in [0.4, 0.5) is 11.5 Å². The highest BCUT2D eigenvalue weighted by Gasteiger charge is 2.15. The van der Waals surface area contributed by atoms with Gasteiger partial charge in [0, 0.05) is 23.4 Å². The van der Waals surface area contributed by atoms with Gasteiger partial charge >= 0.3 is 0 Å². The van der Waals surface area contributed by atoms with Crippen LogP contribution >= 0.6 is 0 Å². The van der Waals surface area contributed by atoms with E-state index in [1.165, 1.54) is 0 Å². The molecule has 0 bridgehead atoms. The van der Waals surface area contributed by atoms with E-state index in [0.29, 0.717) is 36.3 Å². The Kier molecular flexibility index (Phi) is 5.24. The molecule has 2 aromatic carbocycles. The second kappa shape index (κ2) is 8.14. The maximum absolute atomic E-state index is 5.63. The Morgan fingerprint density at radius 3 is 2.14 bits per heavy atom. The van der Waals surface area contributed by atoms with Gasteiger partial charge in [-0.3, -0.25) is 0 Å². The summed E-state index contributed by atoms with van der Waals surface area (Å²) < 4.78 is 27.3. The van der Waals surface area contributed by atoms with Crippen molar-refractivity contribution in [1.82, 2.24) is 10.2 Å². The summed E-state index contributed by atoms with van der Waals surface area (Å²) in [7, 11) is 4.71. The highest BCUT2D eigenvalue weighted by atomic mass is 16.6. The van der Waals surface area contributed by atoms with Crippen molar-refractivity contribution in [3.05, 3.63) is 42.5 Å². The van der Waals surface area contributed by atoms with E-state index < -0.39 is 0 Å². The number of rotatable bonds is 6. The first-order valence-corrected chi connectivity index (χ1v) is 9.02. The molecule has 29 heavy (non-hydrogen) atoms. The average Bonchev–Trinajstić information content (AvgIpc) is 2.78. The van der Waals surface area contributed by atoms with Crippen molar-refractivity contribution in [3.8, 4) is 40.0 Å². The normalized spacial score (nSPS) is 12.2. The molecule has 0 spiro atoms. The largest absolute Gasteiger partial charge is 0.493 e. The predicted molar refractivity (Wildman–Crippen MR) is 108 cm³/mol. The summed E-state index contributed by atoms with van der Waals surface area (Å²) in [6.07, 6.45) is 0. The minimum atomic E-state index is 0.528. The van der Waals surface area contributed by atoms with Gasteiger partial charge in [0.25, 0.3) is 0 Å². The molecule has 1 aliphatic heterocycles. The van der Waals surface area contributed by atoms with Crippen molar-refractivity contribution < 1.29 is 23.7 Å². The zero-order chi connectivity index (χ0) is 20.2. The fourth-order valence-electron chi connectivity index (χ4n) is 3.06. The number of aromatic nitrogens is 2. The van der Waals surface area contributed by atoms with Crippen LogP contribution in [0.15, 0.2) is 42.5 Å². The van der Waals surface area contributed by atoms with Gasteiger partial charge in [0.05, 0.1) is 27.0 Å². The Labute approximate surface area is 168 Å². The Balaban J connectivity index is 1.56. The fourth-order valence-corrected chi connectivity index (χ4v) is 3.06. The van der Waals surface area contributed by atoms with Gasteiger partial charge in [0.1, 0.15) is 13.2 Å². The van der Waals surface area contributed by atoms with E-state index >= 15 is 0 Å². The SMILES string of the molecule is COc1cc(Nc2ccc(-c3ccc4c(c3)OCCO4)nn2)cc(OC)c1OC. The van der Waals surface area contributed by atoms with Crippen LogP contribution in [0.5, 0.6) is 28.7 Å². The second-order valence-corrected chi connectivity index (χ2v) is 6.20. The molecule has 0 fully saturated rings. The molecule has 1 aliphatic rings. The maximum atomic E-state index is 5.63. The van der Waals surface area contributed by atoms with Crippen LogP contribution in [0.25, 0.3) is 11.3 Å². The van der Waals surface area contributed by atoms with Gasteiger partial charge in [0.2, 0.25) is 5.75 Å². The molecular formula is C21H21N3O5. The summed E-state index contributed by atoms with van der Waals surface area (Å²) in [6, 6.07) is 13.1. The first-order chi connectivity index (χ1) is 14.2. The van der Waals surface area contributed by atoms with Gasteiger partial charge in [-0.15, -0.1) is 10.2 Å². The molecule has 8 heteroatoms. The van der Waals surface area contributed by atoms with Crippen LogP contribution in [0.2, 0.25) is 0 Å². The Morgan fingerprint density at radius 1 is 0.793 bits per heavy atom. The van der Waals surface area contributed by atoms with E-state index in [1.54, 1.807) is 33.5 Å². The monoisotopic (exact) mass is 395 g/mol. The van der Waals surface area contributed by atoms with E-state index in [0.717, 1.165) is 28.4 Å². The molecule has 0 saturated carbocycles. The zero-order valence-electron chi connectivity index (χ0n) is 16.4. The van der Waals surface area contributed by atoms with Crippen molar-refractivity contribution >= 4 is 11.5 Å². The molecule has 1 N–H and O–H groups in total. The molecule has 4 rings (SSSR count). The molecule has 150 valence electrons. The van der Waals surface area contributed by atoms with Crippen molar-refractivity contribution in [3.63, 3.8) is 0 Å². The molecule has 3 aromatic rings. The lowest BCUT2D eigenvalue weighted by molar-refractivity contribution is 0.171. The Hall–Kier alpha value is -3.68. The molecule has 0 unspecified atom stereocenters. The number of ether oxygens (including phenoxy) is 5. The third-order valence-electron chi connectivity index (χ3n) is 4.44. The van der Waals surface area contributed by atoms with Crippen LogP contribution in [0, 0.1) is 0 Å². The summed E-state index contributed by atoms with van der Waals surface area (Å²) in [5.74, 6) is 3.68. The first-order valence-electron chi connectivity index (χ1n) is 9.02. The lowest BCUT2D eigenvalue weighted by atomic mass is 10.1. The minimum Gasteiger partial charge on any atom is -0.493 e. The summed E-state index contributed by atoms with van der Waals surface area (Å²) in [5.41, 5.74) is 2.37. The van der Waals surface area contributed by atoms with Crippen LogP contribution in [-0.2, 0) is 0 Å². The van der Waals surface area contributed by atoms with Crippen molar-refractivity contribution in [2.75, 3.05) is 39.9 Å². The molecule has 2 heterocycles. The third kappa shape index (κ3) is 3.82. The van der Waals surface area contributed by atoms with E-state index in [4.69, 9.17) is 23.7 Å². The van der Waals surface area contributed by atoms with Crippen molar-refractivity contribution in [2.24, 2.45) is 0 Å². The topological polar surface area (TPSA) is 84.0 Å². The molecule has 0 atom stereocenters. The molecule has 0 radical (unpaired) electrons. The Morgan fingerprint density at radius 2 is 1.52 bits per heavy atom. The molecular weight excluding hydrogens is 374 g/mol. The van der Waals surface area contributed by atoms with Gasteiger partial charge in [-0.05, 0) is 30.3 Å². The quantitative estimate of drug-likeness (QED) is 0.677. The van der Waals surface area contributed by atoms with Gasteiger partial charge in [0.15, 0.2) is 28.8 Å². The van der Waals surface area contributed by atoms with E-state index in [1.807, 2.05) is 30.3 Å². The number of nitrogens with zero attached hydrogens (tertiary/aromatic N) is 2. The number of fused-ring (bicyclic) bond motifs is 1. The standard InChI is InChI=1S/C21H21N3O5/c1-25-18-11-14(12-19(26-2)21(18)27-3)22-20-7-5-15(23-24-20)13-4-6-16-17(10-13)29-9-8-28-16/h4-7,10-12H,8-9H2,1-3H3,(H,22,24). The summed E-state index contributed by atoms with van der Waals surface area (Å²) in [4.78, 5) is 0. The van der Waals surface area contributed by atoms with Crippen LogP contribution < -0.4 is 29.0 Å². The number of methoxy groups -OCH3 is 3. The highest BCUT2D eigenvalue weighted by Crippen LogP contribution is 2.40. The summed E-state index contributed by atoms with van der Waals surface area (Å²) >= 11 is 0. The smallest absolute Gasteiger partial charge is 0.203 e. The van der Waals surface area contributed by atoms with E-state index in [2.05, 4.69) is 15.5 Å². The maximum Gasteiger partial charge on any atom is 0.203 e. The number of hydrogen-bond acceptors (Lipinski definition) is 8. The lowest BCUT2D eigenvalue weighted by Gasteiger charge is -2.18. The average molecular weight is 395 g/mol. The highest BCUT2D eigenvalue weighted by molar-refractivity contribution is 5.68. The minimum absolute atomic E-state index is 0.528. The second-order valence-electron chi connectivity index (χ2n) is 6.20. The van der Waals surface area contributed by atoms with Crippen LogP contribution in [-0.4, -0.2) is 44.7 Å². The molecule has 0 saturated heterocycles. The number of benzene rings is 2. The van der Waals surface area contributed by atoms with E-state index in [9.17, 15) is 0 Å². The van der Waals surface area contributed by atoms with Crippen LogP contribution in [0.1, 0.15) is 0 Å². The predicted octanol–water partition coefficient (Wildman–Crippen LogP) is 3.68. The van der Waals surface area contributed by atoms with Gasteiger partial charge < -0.3 is 29.0 Å². The molecule has 8 nitrogen and oxygen atoms in total. The summed E-state index contributed by atoms with van der Waals surface area (Å²) in [5, 5.41) is 11.8. The molecule has 0 aliphatic carbocycles. The van der Waals surface area contributed by atoms with Crippen molar-refractivity contribution in [2.45, 2.75) is 0 Å². The summed E-state index contributed by atoms with van der Waals surface area (Å²) in [6.45, 7) is 1.10. The fraction of sp³-hybridized carbons (Fsp3) is 0.238. The van der Waals surface area contributed by atoms with Gasteiger partial charge in [-0.25, -0.2) is 0 Å². The van der Waals surface area contributed by atoms with Gasteiger partial charge in [-0.1, -0.05) is 0 Å². The number of anilines is 2. The van der Waals surface area contributed by atoms with Gasteiger partial charge in [-0.2, -0.15) is 0 Å². The van der Waals surface area contributed by atoms with Crippen LogP contribution in [0.3, 0.4) is 0 Å². The zero-order valence-corrected chi connectivity index (χ0v) is 16.4. The first kappa shape index (κ1) is 18.7. The van der Waals surface area contributed by atoms with E-state index in [-0.39, 0.29) is 0 Å². The number of hydrogen-bond donors (Lipinski definition) is 1. The number of nitrogens with one attached hydrogen (secondary N) is 1. The third-order valence-corrected chi connectivity index (χ3v) is 4.44. The lowest BCUT2D eigenvalue weighted by Crippen LogP contribution is -2.15. The van der Waals surface area contributed by atoms with Crippen molar-refractivity contribution in [1.29, 1.82) is 0 Å².